The van der Waals surface area contributed by atoms with E-state index in [1.54, 1.807) is 11.8 Å². The van der Waals surface area contributed by atoms with Crippen LogP contribution in [0.3, 0.4) is 0 Å². The molecule has 0 saturated heterocycles. The summed E-state index contributed by atoms with van der Waals surface area (Å²) in [6.07, 6.45) is 0. The quantitative estimate of drug-likeness (QED) is 0.760. The lowest BCUT2D eigenvalue weighted by Gasteiger charge is -2.29. The van der Waals surface area contributed by atoms with Gasteiger partial charge in [-0.1, -0.05) is 30.3 Å². The summed E-state index contributed by atoms with van der Waals surface area (Å²) in [6.45, 7) is 10.4. The average Bonchev–Trinajstić information content (AvgIpc) is 2.64. The van der Waals surface area contributed by atoms with Crippen LogP contribution in [-0.4, -0.2) is 35.9 Å². The molecule has 0 fully saturated rings. The Kier molecular flexibility index (Phi) is 7.61. The van der Waals surface area contributed by atoms with Crippen LogP contribution in [0.2, 0.25) is 0 Å². The molecule has 0 aliphatic carbocycles. The maximum absolute atomic E-state index is 13.0. The highest BCUT2D eigenvalue weighted by molar-refractivity contribution is 5.87. The zero-order valence-electron chi connectivity index (χ0n) is 17.4. The molecule has 0 radical (unpaired) electrons. The molecule has 150 valence electrons. The van der Waals surface area contributed by atoms with Gasteiger partial charge in [0.2, 0.25) is 5.91 Å². The number of aryl methyl sites for hydroxylation is 3. The Morgan fingerprint density at radius 3 is 2.32 bits per heavy atom. The third kappa shape index (κ3) is 5.84. The number of rotatable bonds is 8. The molecule has 2 rings (SSSR count). The summed E-state index contributed by atoms with van der Waals surface area (Å²) in [7, 11) is 0. The predicted octanol–water partition coefficient (Wildman–Crippen LogP) is 3.54. The molecular formula is C23H30N2O3. The molecule has 2 aromatic rings. The molecule has 2 aromatic carbocycles. The van der Waals surface area contributed by atoms with Crippen LogP contribution in [0, 0.1) is 20.8 Å². The minimum Gasteiger partial charge on any atom is -0.484 e. The Labute approximate surface area is 167 Å². The predicted molar refractivity (Wildman–Crippen MR) is 111 cm³/mol. The van der Waals surface area contributed by atoms with Crippen molar-refractivity contribution in [1.29, 1.82) is 0 Å². The summed E-state index contributed by atoms with van der Waals surface area (Å²) < 4.78 is 5.75. The molecule has 0 aliphatic heterocycles. The van der Waals surface area contributed by atoms with Crippen LogP contribution in [-0.2, 0) is 16.1 Å². The molecular weight excluding hydrogens is 352 g/mol. The molecule has 28 heavy (non-hydrogen) atoms. The van der Waals surface area contributed by atoms with Crippen molar-refractivity contribution in [2.45, 2.75) is 47.2 Å². The van der Waals surface area contributed by atoms with Crippen LogP contribution in [0.4, 0.5) is 0 Å². The lowest BCUT2D eigenvalue weighted by Crippen LogP contribution is -2.49. The second kappa shape index (κ2) is 9.93. The van der Waals surface area contributed by atoms with E-state index in [9.17, 15) is 9.59 Å². The summed E-state index contributed by atoms with van der Waals surface area (Å²) in [6, 6.07) is 13.1. The van der Waals surface area contributed by atoms with Gasteiger partial charge in [0.1, 0.15) is 11.8 Å². The van der Waals surface area contributed by atoms with Crippen molar-refractivity contribution < 1.29 is 14.3 Å². The zero-order valence-corrected chi connectivity index (χ0v) is 17.4. The van der Waals surface area contributed by atoms with E-state index in [2.05, 4.69) is 11.4 Å². The van der Waals surface area contributed by atoms with Crippen molar-refractivity contribution in [3.63, 3.8) is 0 Å². The van der Waals surface area contributed by atoms with Gasteiger partial charge in [0.05, 0.1) is 0 Å². The van der Waals surface area contributed by atoms with E-state index < -0.39 is 6.04 Å². The first-order chi connectivity index (χ1) is 13.3. The molecule has 2 amide bonds. The first kappa shape index (κ1) is 21.5. The minimum atomic E-state index is -0.588. The maximum Gasteiger partial charge on any atom is 0.261 e. The molecule has 5 nitrogen and oxygen atoms in total. The number of amides is 2. The first-order valence-electron chi connectivity index (χ1n) is 9.64. The van der Waals surface area contributed by atoms with Gasteiger partial charge >= 0.3 is 0 Å². The van der Waals surface area contributed by atoms with Crippen molar-refractivity contribution >= 4 is 11.8 Å². The zero-order chi connectivity index (χ0) is 20.7. The van der Waals surface area contributed by atoms with Gasteiger partial charge in [-0.3, -0.25) is 9.59 Å². The van der Waals surface area contributed by atoms with E-state index >= 15 is 0 Å². The number of nitrogens with zero attached hydrogens (tertiary/aromatic N) is 1. The molecule has 0 heterocycles. The summed E-state index contributed by atoms with van der Waals surface area (Å²) in [5, 5.41) is 2.80. The SMILES string of the molecule is CCNC(=O)[C@H](C)N(Cc1ccccc1C)C(=O)COc1cc(C)cc(C)c1. The highest BCUT2D eigenvalue weighted by Gasteiger charge is 2.26. The fraction of sp³-hybridized carbons (Fsp3) is 0.391. The maximum atomic E-state index is 13.0. The number of carbonyl (C=O) groups is 2. The number of likely N-dealkylation sites (N-methyl/N-ethyl adjacent to an activating group) is 1. The largest absolute Gasteiger partial charge is 0.484 e. The Morgan fingerprint density at radius 2 is 1.71 bits per heavy atom. The third-order valence-electron chi connectivity index (χ3n) is 4.68. The van der Waals surface area contributed by atoms with Gasteiger partial charge in [0, 0.05) is 13.1 Å². The van der Waals surface area contributed by atoms with Crippen molar-refractivity contribution in [3.05, 3.63) is 64.7 Å². The van der Waals surface area contributed by atoms with E-state index in [0.717, 1.165) is 22.3 Å². The third-order valence-corrected chi connectivity index (χ3v) is 4.68. The van der Waals surface area contributed by atoms with E-state index in [-0.39, 0.29) is 18.4 Å². The summed E-state index contributed by atoms with van der Waals surface area (Å²) in [4.78, 5) is 26.9. The van der Waals surface area contributed by atoms with Gasteiger partial charge in [0.15, 0.2) is 6.61 Å². The molecule has 5 heteroatoms. The van der Waals surface area contributed by atoms with Gasteiger partial charge in [-0.2, -0.15) is 0 Å². The van der Waals surface area contributed by atoms with Crippen LogP contribution in [0.5, 0.6) is 5.75 Å². The highest BCUT2D eigenvalue weighted by atomic mass is 16.5. The van der Waals surface area contributed by atoms with Crippen LogP contribution in [0.1, 0.15) is 36.1 Å². The molecule has 1 atom stereocenters. The lowest BCUT2D eigenvalue weighted by atomic mass is 10.1. The monoisotopic (exact) mass is 382 g/mol. The lowest BCUT2D eigenvalue weighted by molar-refractivity contribution is -0.142. The summed E-state index contributed by atoms with van der Waals surface area (Å²) >= 11 is 0. The minimum absolute atomic E-state index is 0.113. The second-order valence-corrected chi connectivity index (χ2v) is 7.13. The molecule has 0 aromatic heterocycles. The molecule has 1 N–H and O–H groups in total. The normalized spacial score (nSPS) is 11.6. The second-order valence-electron chi connectivity index (χ2n) is 7.13. The molecule has 0 unspecified atom stereocenters. The van der Waals surface area contributed by atoms with E-state index in [4.69, 9.17) is 4.74 Å². The van der Waals surface area contributed by atoms with Gasteiger partial charge in [-0.15, -0.1) is 0 Å². The van der Waals surface area contributed by atoms with Crippen LogP contribution in [0.25, 0.3) is 0 Å². The van der Waals surface area contributed by atoms with Crippen molar-refractivity contribution in [2.24, 2.45) is 0 Å². The number of ether oxygens (including phenoxy) is 1. The first-order valence-corrected chi connectivity index (χ1v) is 9.64. The Morgan fingerprint density at radius 1 is 1.07 bits per heavy atom. The van der Waals surface area contributed by atoms with Crippen LogP contribution >= 0.6 is 0 Å². The number of hydrogen-bond acceptors (Lipinski definition) is 3. The van der Waals surface area contributed by atoms with Crippen LogP contribution in [0.15, 0.2) is 42.5 Å². The Balaban J connectivity index is 2.17. The fourth-order valence-corrected chi connectivity index (χ4v) is 3.12. The van der Waals surface area contributed by atoms with Gasteiger partial charge in [-0.05, 0) is 69.0 Å². The number of nitrogens with one attached hydrogen (secondary N) is 1. The van der Waals surface area contributed by atoms with Crippen molar-refractivity contribution in [2.75, 3.05) is 13.2 Å². The van der Waals surface area contributed by atoms with Crippen molar-refractivity contribution in [1.82, 2.24) is 10.2 Å². The van der Waals surface area contributed by atoms with Crippen LogP contribution < -0.4 is 10.1 Å². The Hall–Kier alpha value is -2.82. The van der Waals surface area contributed by atoms with E-state index in [0.29, 0.717) is 18.8 Å². The smallest absolute Gasteiger partial charge is 0.261 e. The average molecular weight is 383 g/mol. The standard InChI is InChI=1S/C23H30N2O3/c1-6-24-23(27)19(5)25(14-20-10-8-7-9-18(20)4)22(26)15-28-21-12-16(2)11-17(3)13-21/h7-13,19H,6,14-15H2,1-5H3,(H,24,27)/t19-/m0/s1. The molecule has 0 saturated carbocycles. The summed E-state index contributed by atoms with van der Waals surface area (Å²) in [5.74, 6) is 0.268. The van der Waals surface area contributed by atoms with Crippen molar-refractivity contribution in [3.8, 4) is 5.75 Å². The van der Waals surface area contributed by atoms with Gasteiger partial charge in [-0.25, -0.2) is 0 Å². The fourth-order valence-electron chi connectivity index (χ4n) is 3.12. The molecule has 0 spiro atoms. The van der Waals surface area contributed by atoms with E-state index in [1.807, 2.05) is 64.1 Å². The van der Waals surface area contributed by atoms with E-state index in [1.165, 1.54) is 0 Å². The number of hydrogen-bond donors (Lipinski definition) is 1. The number of benzene rings is 2. The molecule has 0 aliphatic rings. The highest BCUT2D eigenvalue weighted by Crippen LogP contribution is 2.18. The number of carbonyl (C=O) groups excluding carboxylic acids is 2. The molecule has 0 bridgehead atoms. The topological polar surface area (TPSA) is 58.6 Å². The van der Waals surface area contributed by atoms with Gasteiger partial charge in [0.25, 0.3) is 5.91 Å². The Bertz CT molecular complexity index is 812. The summed E-state index contributed by atoms with van der Waals surface area (Å²) in [5.41, 5.74) is 4.25. The van der Waals surface area contributed by atoms with Gasteiger partial charge < -0.3 is 15.0 Å².